The number of aromatic nitrogens is 1. The van der Waals surface area contributed by atoms with Gasteiger partial charge >= 0.3 is 12.1 Å². The number of fused-ring (bicyclic) bond motifs is 3. The molecule has 0 amide bonds. The van der Waals surface area contributed by atoms with Gasteiger partial charge in [0.2, 0.25) is 0 Å². The molecular weight excluding hydrogens is 470 g/mol. The topological polar surface area (TPSA) is 31.2 Å². The second-order valence-electron chi connectivity index (χ2n) is 8.49. The number of hydrogen-bond acceptors (Lipinski definition) is 2. The lowest BCUT2D eigenvalue weighted by atomic mass is 10.0. The highest BCUT2D eigenvalue weighted by Crippen LogP contribution is 2.35. The van der Waals surface area contributed by atoms with Crippen LogP contribution >= 0.6 is 0 Å². The third-order valence-corrected chi connectivity index (χ3v) is 6.11. The summed E-state index contributed by atoms with van der Waals surface area (Å²) >= 11 is 0. The van der Waals surface area contributed by atoms with Gasteiger partial charge in [-0.25, -0.2) is 9.18 Å². The molecule has 0 saturated heterocycles. The molecule has 5 rings (SSSR count). The van der Waals surface area contributed by atoms with Gasteiger partial charge in [0.25, 0.3) is 0 Å². The van der Waals surface area contributed by atoms with Crippen molar-refractivity contribution >= 4 is 27.8 Å². The SMILES string of the molecule is CCOC(=O)c1ccc2c(c1)c1cc(Cc3ccc(F)cc3)ccc1n2-c1ccc(C(F)(F)F)cc1. The molecule has 0 unspecified atom stereocenters. The van der Waals surface area contributed by atoms with Crippen molar-refractivity contribution in [3.63, 3.8) is 0 Å². The van der Waals surface area contributed by atoms with Crippen LogP contribution in [-0.2, 0) is 17.3 Å². The van der Waals surface area contributed by atoms with Gasteiger partial charge in [0.15, 0.2) is 0 Å². The molecule has 0 aliphatic heterocycles. The number of carbonyl (C=O) groups excluding carboxylic acids is 1. The number of esters is 1. The molecule has 7 heteroatoms. The number of hydrogen-bond donors (Lipinski definition) is 0. The standard InChI is InChI=1S/C29H21F4NO2/c1-2-36-28(35)20-6-14-27-25(17-20)24-16-19(15-18-3-9-22(30)10-4-18)5-13-26(24)34(27)23-11-7-21(8-12-23)29(31,32)33/h3-14,16-17H,2,15H2,1H3. The molecule has 4 aromatic carbocycles. The van der Waals surface area contributed by atoms with Crippen LogP contribution in [0.2, 0.25) is 0 Å². The van der Waals surface area contributed by atoms with Crippen LogP contribution in [0.25, 0.3) is 27.5 Å². The Morgan fingerprint density at radius 2 is 1.42 bits per heavy atom. The predicted octanol–water partition coefficient (Wildman–Crippen LogP) is 7.71. The van der Waals surface area contributed by atoms with Crippen molar-refractivity contribution in [2.24, 2.45) is 0 Å². The predicted molar refractivity (Wildman–Crippen MR) is 131 cm³/mol. The Balaban J connectivity index is 1.68. The lowest BCUT2D eigenvalue weighted by molar-refractivity contribution is -0.137. The Morgan fingerprint density at radius 1 is 0.806 bits per heavy atom. The lowest BCUT2D eigenvalue weighted by Gasteiger charge is -2.11. The third-order valence-electron chi connectivity index (χ3n) is 6.11. The van der Waals surface area contributed by atoms with Gasteiger partial charge in [0, 0.05) is 16.5 Å². The largest absolute Gasteiger partial charge is 0.462 e. The minimum Gasteiger partial charge on any atom is -0.462 e. The number of alkyl halides is 3. The van der Waals surface area contributed by atoms with Crippen molar-refractivity contribution in [3.05, 3.63) is 113 Å². The molecule has 0 saturated carbocycles. The van der Waals surface area contributed by atoms with E-state index in [0.717, 1.165) is 45.1 Å². The molecule has 36 heavy (non-hydrogen) atoms. The molecule has 3 nitrogen and oxygen atoms in total. The van der Waals surface area contributed by atoms with Crippen LogP contribution in [0, 0.1) is 5.82 Å². The summed E-state index contributed by atoms with van der Waals surface area (Å²) in [6.45, 7) is 1.97. The van der Waals surface area contributed by atoms with Gasteiger partial charge < -0.3 is 9.30 Å². The summed E-state index contributed by atoms with van der Waals surface area (Å²) in [6, 6.07) is 22.3. The quantitative estimate of drug-likeness (QED) is 0.186. The van der Waals surface area contributed by atoms with E-state index in [-0.39, 0.29) is 12.4 Å². The maximum Gasteiger partial charge on any atom is 0.416 e. The van der Waals surface area contributed by atoms with Crippen LogP contribution in [0.3, 0.4) is 0 Å². The first-order chi connectivity index (χ1) is 17.2. The van der Waals surface area contributed by atoms with Crippen LogP contribution in [0.4, 0.5) is 17.6 Å². The fourth-order valence-corrected chi connectivity index (χ4v) is 4.44. The van der Waals surface area contributed by atoms with Gasteiger partial charge in [0.05, 0.1) is 28.8 Å². The summed E-state index contributed by atoms with van der Waals surface area (Å²) in [6.07, 6.45) is -3.86. The van der Waals surface area contributed by atoms with Crippen molar-refractivity contribution < 1.29 is 27.1 Å². The van der Waals surface area contributed by atoms with Crippen molar-refractivity contribution in [2.45, 2.75) is 19.5 Å². The molecule has 1 heterocycles. The number of carbonyl (C=O) groups is 1. The summed E-state index contributed by atoms with van der Waals surface area (Å²) in [7, 11) is 0. The van der Waals surface area contributed by atoms with E-state index in [9.17, 15) is 22.4 Å². The highest BCUT2D eigenvalue weighted by atomic mass is 19.4. The van der Waals surface area contributed by atoms with Crippen LogP contribution < -0.4 is 0 Å². The van der Waals surface area contributed by atoms with Gasteiger partial charge in [-0.15, -0.1) is 0 Å². The summed E-state index contributed by atoms with van der Waals surface area (Å²) in [5.74, 6) is -0.752. The minimum atomic E-state index is -4.43. The Kier molecular flexibility index (Phi) is 6.00. The zero-order valence-electron chi connectivity index (χ0n) is 19.3. The van der Waals surface area contributed by atoms with Crippen LogP contribution in [0.15, 0.2) is 84.9 Å². The van der Waals surface area contributed by atoms with Crippen molar-refractivity contribution in [1.29, 1.82) is 0 Å². The Labute approximate surface area is 204 Å². The molecule has 0 aliphatic carbocycles. The first kappa shape index (κ1) is 23.6. The summed E-state index contributed by atoms with van der Waals surface area (Å²) in [4.78, 5) is 12.4. The number of rotatable bonds is 5. The van der Waals surface area contributed by atoms with Gasteiger partial charge in [-0.3, -0.25) is 0 Å². The van der Waals surface area contributed by atoms with Crippen molar-refractivity contribution in [1.82, 2.24) is 4.57 Å². The maximum absolute atomic E-state index is 13.3. The molecule has 0 N–H and O–H groups in total. The molecular formula is C29H21F4NO2. The molecule has 0 bridgehead atoms. The molecule has 0 aliphatic rings. The van der Waals surface area contributed by atoms with Crippen LogP contribution in [-0.4, -0.2) is 17.1 Å². The number of benzene rings is 4. The van der Waals surface area contributed by atoms with Crippen molar-refractivity contribution in [2.75, 3.05) is 6.61 Å². The summed E-state index contributed by atoms with van der Waals surface area (Å²) in [5.41, 5.74) is 3.68. The summed E-state index contributed by atoms with van der Waals surface area (Å²) < 4.78 is 59.7. The Bertz CT molecular complexity index is 1570. The van der Waals surface area contributed by atoms with Crippen LogP contribution in [0.5, 0.6) is 0 Å². The van der Waals surface area contributed by atoms with Gasteiger partial charge in [-0.2, -0.15) is 13.2 Å². The zero-order valence-corrected chi connectivity index (χ0v) is 19.3. The number of nitrogens with zero attached hydrogens (tertiary/aromatic N) is 1. The molecule has 5 aromatic rings. The highest BCUT2D eigenvalue weighted by Gasteiger charge is 2.30. The Morgan fingerprint density at radius 3 is 2.06 bits per heavy atom. The molecule has 1 aromatic heterocycles. The normalized spacial score (nSPS) is 11.8. The van der Waals surface area contributed by atoms with E-state index in [1.807, 2.05) is 22.8 Å². The van der Waals surface area contributed by atoms with Gasteiger partial charge in [-0.1, -0.05) is 18.2 Å². The zero-order chi connectivity index (χ0) is 25.4. The second kappa shape index (κ2) is 9.15. The average molecular weight is 491 g/mol. The number of ether oxygens (including phenoxy) is 1. The van der Waals surface area contributed by atoms with E-state index in [1.54, 1.807) is 37.3 Å². The fourth-order valence-electron chi connectivity index (χ4n) is 4.44. The summed E-state index contributed by atoms with van der Waals surface area (Å²) in [5, 5.41) is 1.62. The third kappa shape index (κ3) is 4.44. The molecule has 0 radical (unpaired) electrons. The maximum atomic E-state index is 13.3. The van der Waals surface area contributed by atoms with E-state index < -0.39 is 17.7 Å². The van der Waals surface area contributed by atoms with Gasteiger partial charge in [-0.05, 0) is 91.2 Å². The van der Waals surface area contributed by atoms with E-state index in [0.29, 0.717) is 17.7 Å². The second-order valence-corrected chi connectivity index (χ2v) is 8.49. The van der Waals surface area contributed by atoms with E-state index >= 15 is 0 Å². The van der Waals surface area contributed by atoms with E-state index in [1.165, 1.54) is 24.3 Å². The monoisotopic (exact) mass is 491 g/mol. The molecule has 0 fully saturated rings. The van der Waals surface area contributed by atoms with E-state index in [2.05, 4.69) is 0 Å². The molecule has 0 atom stereocenters. The highest BCUT2D eigenvalue weighted by molar-refractivity contribution is 6.11. The Hall–Kier alpha value is -4.13. The van der Waals surface area contributed by atoms with Crippen LogP contribution in [0.1, 0.15) is 34.0 Å². The van der Waals surface area contributed by atoms with Gasteiger partial charge in [0.1, 0.15) is 5.82 Å². The minimum absolute atomic E-state index is 0.242. The smallest absolute Gasteiger partial charge is 0.416 e. The molecule has 0 spiro atoms. The first-order valence-corrected chi connectivity index (χ1v) is 11.4. The average Bonchev–Trinajstić information content (AvgIpc) is 3.18. The fraction of sp³-hybridized carbons (Fsp3) is 0.138. The van der Waals surface area contributed by atoms with E-state index in [4.69, 9.17) is 4.74 Å². The lowest BCUT2D eigenvalue weighted by Crippen LogP contribution is -2.05. The molecule has 182 valence electrons. The number of halogens is 4. The van der Waals surface area contributed by atoms with Crippen molar-refractivity contribution in [3.8, 4) is 5.69 Å². The first-order valence-electron chi connectivity index (χ1n) is 11.4.